The summed E-state index contributed by atoms with van der Waals surface area (Å²) >= 11 is 0. The quantitative estimate of drug-likeness (QED) is 0.0980. The molecule has 8 aromatic rings. The van der Waals surface area contributed by atoms with Crippen LogP contribution in [0.25, 0.3) is 11.1 Å². The first-order valence-electron chi connectivity index (χ1n) is 21.0. The Labute approximate surface area is 372 Å². The molecule has 0 atom stereocenters. The van der Waals surface area contributed by atoms with Crippen molar-refractivity contribution in [3.63, 3.8) is 0 Å². The molecule has 6 nitrogen and oxygen atoms in total. The monoisotopic (exact) mass is 862 g/mol. The van der Waals surface area contributed by atoms with Gasteiger partial charge in [-0.3, -0.25) is 0 Å². The lowest BCUT2D eigenvalue weighted by Gasteiger charge is -2.35. The molecular weight excluding hydrogens is 813 g/mol. The van der Waals surface area contributed by atoms with E-state index >= 15 is 0 Å². The summed E-state index contributed by atoms with van der Waals surface area (Å²) in [6.45, 7) is 0. The minimum atomic E-state index is -2.94. The zero-order valence-electron chi connectivity index (χ0n) is 36.5. The van der Waals surface area contributed by atoms with Gasteiger partial charge in [-0.15, -0.1) is 0 Å². The van der Waals surface area contributed by atoms with Gasteiger partial charge in [0.1, 0.15) is 34.5 Å². The van der Waals surface area contributed by atoms with Crippen molar-refractivity contribution in [1.29, 1.82) is 0 Å². The molecule has 0 unspecified atom stereocenters. The number of hydrogen-bond acceptors (Lipinski definition) is 6. The summed E-state index contributed by atoms with van der Waals surface area (Å²) in [5.41, 5.74) is 5.18. The Morgan fingerprint density at radius 3 is 0.635 bits per heavy atom. The number of rotatable bonds is 14. The summed E-state index contributed by atoms with van der Waals surface area (Å²) in [6.07, 6.45) is 0.809. The summed E-state index contributed by atoms with van der Waals surface area (Å²) in [6, 6.07) is 66.4. The van der Waals surface area contributed by atoms with E-state index in [1.165, 1.54) is 63.7 Å². The van der Waals surface area contributed by atoms with Gasteiger partial charge in [0.2, 0.25) is 0 Å². The van der Waals surface area contributed by atoms with Crippen LogP contribution < -0.4 is 69.9 Å². The Morgan fingerprint density at radius 2 is 0.444 bits per heavy atom. The van der Waals surface area contributed by atoms with E-state index in [9.17, 15) is 0 Å². The van der Waals surface area contributed by atoms with Gasteiger partial charge >= 0.3 is 0 Å². The maximum Gasteiger partial charge on any atom is 0.179 e. The number of methoxy groups -OCH3 is 6. The van der Waals surface area contributed by atoms with Gasteiger partial charge in [0.25, 0.3) is 0 Å². The maximum absolute atomic E-state index is 5.67. The van der Waals surface area contributed by atoms with Crippen molar-refractivity contribution in [2.24, 2.45) is 0 Å². The van der Waals surface area contributed by atoms with Crippen LogP contribution in [0.5, 0.6) is 34.5 Å². The number of fused-ring (bicyclic) bond motifs is 3. The van der Waals surface area contributed by atoms with Crippen LogP contribution in [-0.4, -0.2) is 58.8 Å². The normalized spacial score (nSPS) is 11.9. The minimum absolute atomic E-state index is 0.809. The fraction of sp³-hybridized carbons (Fsp3) is 0.127. The average Bonchev–Trinajstić information content (AvgIpc) is 3.73. The van der Waals surface area contributed by atoms with E-state index in [1.807, 2.05) is 0 Å². The highest BCUT2D eigenvalue weighted by molar-refractivity contribution is 7.20. The molecule has 0 N–H and O–H groups in total. The smallest absolute Gasteiger partial charge is 0.179 e. The maximum atomic E-state index is 5.67. The van der Waals surface area contributed by atoms with E-state index in [1.54, 1.807) is 42.7 Å². The Morgan fingerprint density at radius 1 is 0.254 bits per heavy atom. The van der Waals surface area contributed by atoms with Crippen LogP contribution >= 0.6 is 0 Å². The Hall–Kier alpha value is -7.01. The van der Waals surface area contributed by atoms with Gasteiger partial charge in [0.05, 0.1) is 42.7 Å². The first-order valence-corrected chi connectivity index (χ1v) is 25.0. The van der Waals surface area contributed by atoms with Gasteiger partial charge in [-0.2, -0.15) is 0 Å². The van der Waals surface area contributed by atoms with Gasteiger partial charge in [-0.05, 0) is 143 Å². The van der Waals surface area contributed by atoms with Crippen LogP contribution in [0, 0.1) is 0 Å². The van der Waals surface area contributed by atoms with Crippen molar-refractivity contribution in [3.8, 4) is 45.6 Å². The van der Waals surface area contributed by atoms with Crippen molar-refractivity contribution in [2.75, 3.05) is 42.7 Å². The van der Waals surface area contributed by atoms with Gasteiger partial charge in [-0.1, -0.05) is 109 Å². The molecule has 8 aromatic carbocycles. The largest absolute Gasteiger partial charge is 0.497 e. The zero-order chi connectivity index (χ0) is 43.6. The fourth-order valence-electron chi connectivity index (χ4n) is 9.72. The third-order valence-electron chi connectivity index (χ3n) is 12.9. The molecule has 63 heavy (non-hydrogen) atoms. The molecule has 0 bridgehead atoms. The summed E-state index contributed by atoms with van der Waals surface area (Å²) < 4.78 is 34.0. The van der Waals surface area contributed by atoms with E-state index in [2.05, 4.69) is 182 Å². The fourth-order valence-corrected chi connectivity index (χ4v) is 19.2. The topological polar surface area (TPSA) is 55.4 Å². The van der Waals surface area contributed by atoms with Crippen LogP contribution in [0.15, 0.2) is 182 Å². The number of hydrogen-bond donors (Lipinski definition) is 0. The van der Waals surface area contributed by atoms with E-state index in [-0.39, 0.29) is 0 Å². The molecule has 314 valence electrons. The van der Waals surface area contributed by atoms with Crippen LogP contribution in [0.1, 0.15) is 11.1 Å². The molecule has 0 aliphatic heterocycles. The molecule has 0 spiro atoms. The number of ether oxygens (including phenoxy) is 6. The second-order valence-electron chi connectivity index (χ2n) is 15.8. The Kier molecular flexibility index (Phi) is 11.4. The van der Waals surface area contributed by atoms with E-state index < -0.39 is 16.1 Å². The SMILES string of the molecule is COc1ccc([Si](c2ccc(OC)cc2)(c2ccc(OC)cc2)c2ccc3c(c2)Cc2cc([Si](c4ccc(OC)cc4)(c4ccc(OC)cc4)c4ccc(OC)cc4)ccc2-3)cc1. The van der Waals surface area contributed by atoms with Crippen molar-refractivity contribution >= 4 is 57.6 Å². The van der Waals surface area contributed by atoms with Crippen molar-refractivity contribution in [3.05, 3.63) is 193 Å². The molecule has 0 saturated carbocycles. The summed E-state index contributed by atoms with van der Waals surface area (Å²) in [4.78, 5) is 0. The van der Waals surface area contributed by atoms with Gasteiger partial charge in [-0.25, -0.2) is 0 Å². The second-order valence-corrected chi connectivity index (χ2v) is 23.4. The highest BCUT2D eigenvalue weighted by atomic mass is 28.3. The lowest BCUT2D eigenvalue weighted by Crippen LogP contribution is -2.74. The molecule has 0 aromatic heterocycles. The van der Waals surface area contributed by atoms with Crippen molar-refractivity contribution in [2.45, 2.75) is 6.42 Å². The van der Waals surface area contributed by atoms with Gasteiger partial charge in [0, 0.05) is 0 Å². The molecule has 0 saturated heterocycles. The van der Waals surface area contributed by atoms with Crippen LogP contribution in [0.2, 0.25) is 0 Å². The molecule has 0 fully saturated rings. The molecule has 9 rings (SSSR count). The van der Waals surface area contributed by atoms with Crippen LogP contribution in [-0.2, 0) is 6.42 Å². The predicted molar refractivity (Wildman–Crippen MR) is 261 cm³/mol. The van der Waals surface area contributed by atoms with Crippen LogP contribution in [0.4, 0.5) is 0 Å². The van der Waals surface area contributed by atoms with Crippen LogP contribution in [0.3, 0.4) is 0 Å². The van der Waals surface area contributed by atoms with E-state index in [4.69, 9.17) is 28.4 Å². The highest BCUT2D eigenvalue weighted by Gasteiger charge is 2.44. The zero-order valence-corrected chi connectivity index (χ0v) is 38.5. The predicted octanol–water partition coefficient (Wildman–Crippen LogP) is 6.06. The highest BCUT2D eigenvalue weighted by Crippen LogP contribution is 2.36. The lowest BCUT2D eigenvalue weighted by atomic mass is 10.1. The molecular formula is C55H50O6Si2. The standard InChI is InChI=1S/C55H50O6Si2/c1-56-40-7-19-46(20-8-40)62(47-21-9-41(57-2)10-22-47,48-23-11-42(58-3)12-24-48)52-31-33-54-38(36-52)35-39-37-53(32-34-55(39)54)63(49-25-13-43(59-4)14-26-49,50-27-15-44(60-5)16-28-50)51-29-17-45(61-6)18-30-51/h7-34,36-37H,35H2,1-6H3. The first kappa shape index (κ1) is 41.4. The van der Waals surface area contributed by atoms with E-state index in [0.29, 0.717) is 0 Å². The molecule has 0 amide bonds. The summed E-state index contributed by atoms with van der Waals surface area (Å²) in [5.74, 6) is 4.94. The van der Waals surface area contributed by atoms with E-state index in [0.717, 1.165) is 40.9 Å². The van der Waals surface area contributed by atoms with Gasteiger partial charge < -0.3 is 28.4 Å². The second kappa shape index (κ2) is 17.4. The summed E-state index contributed by atoms with van der Waals surface area (Å²) in [7, 11) is 4.42. The Balaban J connectivity index is 1.24. The average molecular weight is 863 g/mol. The Bertz CT molecular complexity index is 2410. The minimum Gasteiger partial charge on any atom is -0.497 e. The van der Waals surface area contributed by atoms with Gasteiger partial charge in [0.15, 0.2) is 16.1 Å². The van der Waals surface area contributed by atoms with Crippen molar-refractivity contribution < 1.29 is 28.4 Å². The molecule has 0 radical (unpaired) electrons. The molecule has 8 heteroatoms. The first-order chi connectivity index (χ1) is 30.9. The third-order valence-corrected chi connectivity index (χ3v) is 22.4. The molecule has 1 aliphatic rings. The number of benzene rings is 8. The third kappa shape index (κ3) is 7.15. The molecule has 1 aliphatic carbocycles. The lowest BCUT2D eigenvalue weighted by molar-refractivity contribution is 0.414. The summed E-state index contributed by atoms with van der Waals surface area (Å²) in [5, 5.41) is 10.1. The molecule has 0 heterocycles. The van der Waals surface area contributed by atoms with Crippen molar-refractivity contribution in [1.82, 2.24) is 0 Å².